The molecule has 0 heterocycles. The summed E-state index contributed by atoms with van der Waals surface area (Å²) in [6, 6.07) is 0. The molecule has 0 saturated heterocycles. The van der Waals surface area contributed by atoms with Crippen LogP contribution in [0.15, 0.2) is 0 Å². The minimum atomic E-state index is -3.08. The van der Waals surface area contributed by atoms with Gasteiger partial charge in [0.2, 0.25) is 5.91 Å². The number of carbonyl (C=O) groups excluding carboxylic acids is 1. The monoisotopic (exact) mass is 197 g/mol. The van der Waals surface area contributed by atoms with E-state index in [1.54, 1.807) is 6.92 Å². The van der Waals surface area contributed by atoms with Crippen LogP contribution in [0, 0.1) is 0 Å². The number of hydrogen-bond donors (Lipinski definition) is 1. The molecule has 0 radical (unpaired) electrons. The van der Waals surface area contributed by atoms with Crippen molar-refractivity contribution in [2.24, 2.45) is 0 Å². The largest absolute Gasteiger partial charge is 0.356 e. The average molecular weight is 197 g/mol. The Morgan fingerprint density at radius 1 is 1.55 bits per heavy atom. The van der Waals surface area contributed by atoms with Gasteiger partial charge in [-0.05, 0) is 17.7 Å². The quantitative estimate of drug-likeness (QED) is 0.635. The third-order valence-electron chi connectivity index (χ3n) is 0.778. The lowest BCUT2D eigenvalue weighted by atomic mass is 10.6. The summed E-state index contributed by atoms with van der Waals surface area (Å²) < 4.78 is 21.0. The van der Waals surface area contributed by atoms with Gasteiger partial charge >= 0.3 is 0 Å². The zero-order valence-corrected chi connectivity index (χ0v) is 8.09. The van der Waals surface area contributed by atoms with Crippen molar-refractivity contribution in [1.29, 1.82) is 0 Å². The molecule has 0 aromatic heterocycles. The van der Waals surface area contributed by atoms with E-state index in [9.17, 15) is 13.2 Å². The predicted molar refractivity (Wildman–Crippen MR) is 46.0 cm³/mol. The molecular formula is C5H11NO3S2. The van der Waals surface area contributed by atoms with Gasteiger partial charge in [-0.15, -0.1) is 0 Å². The van der Waals surface area contributed by atoms with Gasteiger partial charge in [0.25, 0.3) is 0 Å². The molecule has 0 bridgehead atoms. The summed E-state index contributed by atoms with van der Waals surface area (Å²) in [5.74, 6) is -0.268. The maximum absolute atomic E-state index is 10.7. The van der Waals surface area contributed by atoms with Gasteiger partial charge in [-0.25, -0.2) is 8.42 Å². The molecule has 0 saturated carbocycles. The maximum Gasteiger partial charge on any atom is 0.231 e. The summed E-state index contributed by atoms with van der Waals surface area (Å²) >= 11 is 0. The third-order valence-corrected chi connectivity index (χ3v) is 3.22. The zero-order chi connectivity index (χ0) is 8.91. The first kappa shape index (κ1) is 10.8. The molecule has 0 aromatic rings. The van der Waals surface area contributed by atoms with Gasteiger partial charge < -0.3 is 5.32 Å². The van der Waals surface area contributed by atoms with Crippen LogP contribution >= 0.6 is 10.8 Å². The summed E-state index contributed by atoms with van der Waals surface area (Å²) in [6.07, 6.45) is 1.08. The Labute approximate surface area is 70.1 Å². The topological polar surface area (TPSA) is 63.2 Å². The van der Waals surface area contributed by atoms with Crippen LogP contribution < -0.4 is 5.32 Å². The molecule has 0 aromatic carbocycles. The molecule has 6 heteroatoms. The van der Waals surface area contributed by atoms with Crippen molar-refractivity contribution in [3.05, 3.63) is 0 Å². The molecule has 0 aliphatic heterocycles. The van der Waals surface area contributed by atoms with Gasteiger partial charge in [-0.2, -0.15) is 0 Å². The van der Waals surface area contributed by atoms with Gasteiger partial charge in [0.1, 0.15) is 0 Å². The van der Waals surface area contributed by atoms with Crippen molar-refractivity contribution >= 4 is 25.6 Å². The highest BCUT2D eigenvalue weighted by Crippen LogP contribution is 2.07. The number of amides is 1. The van der Waals surface area contributed by atoms with Gasteiger partial charge in [0.15, 0.2) is 8.87 Å². The van der Waals surface area contributed by atoms with Gasteiger partial charge in [0, 0.05) is 12.8 Å². The van der Waals surface area contributed by atoms with E-state index < -0.39 is 8.87 Å². The minimum absolute atomic E-state index is 0.0212. The molecule has 66 valence electrons. The molecule has 0 rings (SSSR count). The second-order valence-electron chi connectivity index (χ2n) is 1.92. The fourth-order valence-electron chi connectivity index (χ4n) is 0.409. The van der Waals surface area contributed by atoms with E-state index in [-0.39, 0.29) is 11.7 Å². The Hall–Kier alpha value is -0.230. The van der Waals surface area contributed by atoms with Crippen molar-refractivity contribution in [2.75, 3.05) is 18.6 Å². The molecule has 0 aliphatic rings. The van der Waals surface area contributed by atoms with E-state index in [1.165, 1.54) is 0 Å². The number of rotatable bonds is 4. The van der Waals surface area contributed by atoms with E-state index >= 15 is 0 Å². The number of nitrogens with one attached hydrogen (secondary N) is 1. The molecule has 0 spiro atoms. The normalized spacial score (nSPS) is 11.1. The summed E-state index contributed by atoms with van der Waals surface area (Å²) in [7, 11) is -2.44. The molecule has 0 unspecified atom stereocenters. The Morgan fingerprint density at radius 2 is 2.09 bits per heavy atom. The van der Waals surface area contributed by atoms with Crippen LogP contribution in [0.4, 0.5) is 0 Å². The minimum Gasteiger partial charge on any atom is -0.356 e. The molecule has 0 aliphatic carbocycles. The summed E-state index contributed by atoms with van der Waals surface area (Å²) in [5.41, 5.74) is 0. The molecule has 0 atom stereocenters. The first-order valence-electron chi connectivity index (χ1n) is 3.07. The predicted octanol–water partition coefficient (Wildman–Crippen LogP) is -0.185. The maximum atomic E-state index is 10.7. The van der Waals surface area contributed by atoms with Crippen LogP contribution in [0.2, 0.25) is 0 Å². The molecule has 1 amide bonds. The highest BCUT2D eigenvalue weighted by molar-refractivity contribution is 8.72. The van der Waals surface area contributed by atoms with Crippen LogP contribution in [0.1, 0.15) is 6.92 Å². The number of hydrogen-bond acceptors (Lipinski definition) is 4. The summed E-state index contributed by atoms with van der Waals surface area (Å²) in [4.78, 5) is 10.7. The second-order valence-corrected chi connectivity index (χ2v) is 6.38. The lowest BCUT2D eigenvalue weighted by Gasteiger charge is -1.98. The second kappa shape index (κ2) is 4.61. The number of carbonyl (C=O) groups is 1. The van der Waals surface area contributed by atoms with Crippen molar-refractivity contribution in [1.82, 2.24) is 5.32 Å². The molecule has 4 nitrogen and oxygen atoms in total. The van der Waals surface area contributed by atoms with Crippen molar-refractivity contribution in [3.8, 4) is 0 Å². The summed E-state index contributed by atoms with van der Waals surface area (Å²) in [5, 5.41) is 2.49. The fourth-order valence-corrected chi connectivity index (χ4v) is 1.80. The lowest BCUT2D eigenvalue weighted by molar-refractivity contribution is -0.118. The highest BCUT2D eigenvalue weighted by atomic mass is 33.1. The van der Waals surface area contributed by atoms with Crippen LogP contribution in [-0.4, -0.2) is 32.9 Å². The van der Waals surface area contributed by atoms with Gasteiger partial charge in [0.05, 0.1) is 5.75 Å². The Morgan fingerprint density at radius 3 is 2.45 bits per heavy atom. The van der Waals surface area contributed by atoms with Crippen molar-refractivity contribution < 1.29 is 13.2 Å². The summed E-state index contributed by atoms with van der Waals surface area (Å²) in [6.45, 7) is 2.31. The van der Waals surface area contributed by atoms with Gasteiger partial charge in [-0.3, -0.25) is 4.79 Å². The highest BCUT2D eigenvalue weighted by Gasteiger charge is 2.06. The standard InChI is InChI=1S/C5H11NO3S2/c1-3-6-5(7)4-10-11(2,8)9/h3-4H2,1-2H3,(H,6,7). The van der Waals surface area contributed by atoms with E-state index in [0.717, 1.165) is 6.26 Å². The smallest absolute Gasteiger partial charge is 0.231 e. The van der Waals surface area contributed by atoms with E-state index in [4.69, 9.17) is 0 Å². The Bertz CT molecular complexity index is 222. The zero-order valence-electron chi connectivity index (χ0n) is 6.46. The third kappa shape index (κ3) is 7.67. The lowest BCUT2D eigenvalue weighted by Crippen LogP contribution is -2.24. The van der Waals surface area contributed by atoms with E-state index in [2.05, 4.69) is 5.32 Å². The van der Waals surface area contributed by atoms with Crippen molar-refractivity contribution in [2.45, 2.75) is 6.92 Å². The average Bonchev–Trinajstić information content (AvgIpc) is 1.83. The van der Waals surface area contributed by atoms with Crippen LogP contribution in [0.25, 0.3) is 0 Å². The molecule has 11 heavy (non-hydrogen) atoms. The Balaban J connectivity index is 3.64. The van der Waals surface area contributed by atoms with Crippen molar-refractivity contribution in [3.63, 3.8) is 0 Å². The van der Waals surface area contributed by atoms with E-state index in [0.29, 0.717) is 17.3 Å². The van der Waals surface area contributed by atoms with Crippen LogP contribution in [-0.2, 0) is 13.7 Å². The molecule has 1 N–H and O–H groups in total. The van der Waals surface area contributed by atoms with E-state index in [1.807, 2.05) is 0 Å². The fraction of sp³-hybridized carbons (Fsp3) is 0.800. The Kier molecular flexibility index (Phi) is 4.51. The first-order valence-corrected chi connectivity index (χ1v) is 6.46. The van der Waals surface area contributed by atoms with Crippen LogP contribution in [0.3, 0.4) is 0 Å². The van der Waals surface area contributed by atoms with Gasteiger partial charge in [-0.1, -0.05) is 0 Å². The molecular weight excluding hydrogens is 186 g/mol. The van der Waals surface area contributed by atoms with Crippen LogP contribution in [0.5, 0.6) is 0 Å². The SMILES string of the molecule is CCNC(=O)CSS(C)(=O)=O. The molecule has 0 fully saturated rings. The first-order chi connectivity index (χ1) is 4.95.